The second kappa shape index (κ2) is 10.2. The summed E-state index contributed by atoms with van der Waals surface area (Å²) in [7, 11) is 1.69. The lowest BCUT2D eigenvalue weighted by atomic mass is 9.89. The van der Waals surface area contributed by atoms with E-state index in [0.717, 1.165) is 36.0 Å². The maximum atomic E-state index is 13.4. The number of carbonyl (C=O) groups is 1. The van der Waals surface area contributed by atoms with Gasteiger partial charge in [-0.25, -0.2) is 0 Å². The van der Waals surface area contributed by atoms with Crippen LogP contribution >= 0.6 is 0 Å². The zero-order valence-corrected chi connectivity index (χ0v) is 20.7. The van der Waals surface area contributed by atoms with E-state index in [-0.39, 0.29) is 24.0 Å². The van der Waals surface area contributed by atoms with Crippen molar-refractivity contribution in [2.24, 2.45) is 0 Å². The van der Waals surface area contributed by atoms with E-state index in [1.165, 1.54) is 11.1 Å². The average molecular weight is 475 g/mol. The number of benzene rings is 2. The summed E-state index contributed by atoms with van der Waals surface area (Å²) in [5.41, 5.74) is 3.98. The monoisotopic (exact) mass is 474 g/mol. The van der Waals surface area contributed by atoms with Crippen molar-refractivity contribution >= 4 is 16.8 Å². The van der Waals surface area contributed by atoms with Gasteiger partial charge in [0.25, 0.3) is 5.91 Å². The van der Waals surface area contributed by atoms with Gasteiger partial charge in [-0.15, -0.1) is 0 Å². The molecule has 0 radical (unpaired) electrons. The molecule has 0 unspecified atom stereocenters. The fraction of sp³-hybridized carbons (Fsp3) is 0.429. The van der Waals surface area contributed by atoms with Gasteiger partial charge in [0.05, 0.1) is 32.4 Å². The smallest absolute Gasteiger partial charge is 0.272 e. The number of para-hydroxylation sites is 1. The third-order valence-corrected chi connectivity index (χ3v) is 7.08. The number of amides is 1. The van der Waals surface area contributed by atoms with Crippen molar-refractivity contribution in [3.8, 4) is 5.75 Å². The number of aromatic nitrogens is 2. The summed E-state index contributed by atoms with van der Waals surface area (Å²) in [6.45, 7) is 7.06. The molecule has 2 aliphatic heterocycles. The Morgan fingerprint density at radius 1 is 1.11 bits per heavy atom. The van der Waals surface area contributed by atoms with E-state index in [1.807, 2.05) is 41.1 Å². The molecule has 1 amide bonds. The van der Waals surface area contributed by atoms with Crippen LogP contribution in [0.2, 0.25) is 0 Å². The number of fused-ring (bicyclic) bond motifs is 3. The van der Waals surface area contributed by atoms with Crippen LogP contribution in [-0.4, -0.2) is 59.0 Å². The van der Waals surface area contributed by atoms with E-state index in [4.69, 9.17) is 14.6 Å². The number of carbonyl (C=O) groups excluding carboxylic acids is 1. The molecule has 0 spiro atoms. The first-order valence-corrected chi connectivity index (χ1v) is 12.4. The molecule has 3 aromatic rings. The number of nitrogens with one attached hydrogen (secondary N) is 1. The minimum atomic E-state index is -0.0928. The first-order chi connectivity index (χ1) is 17.0. The summed E-state index contributed by atoms with van der Waals surface area (Å²) in [4.78, 5) is 15.9. The Labute approximate surface area is 206 Å². The second-order valence-corrected chi connectivity index (χ2v) is 9.84. The Morgan fingerprint density at radius 3 is 2.51 bits per heavy atom. The number of nitrogens with zero attached hydrogens (tertiary/aromatic N) is 3. The van der Waals surface area contributed by atoms with E-state index in [9.17, 15) is 4.79 Å². The van der Waals surface area contributed by atoms with E-state index < -0.39 is 0 Å². The second-order valence-electron chi connectivity index (χ2n) is 9.84. The quantitative estimate of drug-likeness (QED) is 0.521. The van der Waals surface area contributed by atoms with E-state index in [0.29, 0.717) is 25.5 Å². The van der Waals surface area contributed by atoms with Crippen molar-refractivity contribution in [1.29, 1.82) is 0 Å². The summed E-state index contributed by atoms with van der Waals surface area (Å²) < 4.78 is 13.1. The number of ether oxygens (including phenoxy) is 2. The van der Waals surface area contributed by atoms with Crippen molar-refractivity contribution in [2.75, 3.05) is 20.3 Å². The predicted octanol–water partition coefficient (Wildman–Crippen LogP) is 4.17. The zero-order chi connectivity index (χ0) is 24.4. The molecular weight excluding hydrogens is 440 g/mol. The van der Waals surface area contributed by atoms with Gasteiger partial charge in [0.15, 0.2) is 5.69 Å². The largest absolute Gasteiger partial charge is 0.497 e. The zero-order valence-electron chi connectivity index (χ0n) is 20.7. The van der Waals surface area contributed by atoms with E-state index in [1.54, 1.807) is 7.11 Å². The van der Waals surface area contributed by atoms with E-state index >= 15 is 0 Å². The first-order valence-electron chi connectivity index (χ1n) is 12.4. The molecule has 7 heteroatoms. The Bertz CT molecular complexity index is 1200. The van der Waals surface area contributed by atoms with Crippen LogP contribution in [-0.2, 0) is 17.8 Å². The molecule has 2 saturated heterocycles. The summed E-state index contributed by atoms with van der Waals surface area (Å²) in [5, 5.41) is 8.90. The van der Waals surface area contributed by atoms with Gasteiger partial charge >= 0.3 is 0 Å². The SMILES string of the molecule is COc1ccc(CN2[C@@H]3COC[C@H]2C[C@@H](NC(=O)c2nn(CC=C(C)C)c4ccccc24)C3)cc1. The highest BCUT2D eigenvalue weighted by Crippen LogP contribution is 2.30. The lowest BCUT2D eigenvalue weighted by Gasteiger charge is -2.48. The number of piperidine rings is 1. The van der Waals surface area contributed by atoms with E-state index in [2.05, 4.69) is 42.3 Å². The van der Waals surface area contributed by atoms with Gasteiger partial charge in [0.1, 0.15) is 5.75 Å². The number of hydrogen-bond donors (Lipinski definition) is 1. The van der Waals surface area contributed by atoms with Gasteiger partial charge in [-0.3, -0.25) is 14.4 Å². The summed E-state index contributed by atoms with van der Waals surface area (Å²) in [6, 6.07) is 16.9. The molecule has 1 N–H and O–H groups in total. The Balaban J connectivity index is 1.29. The molecule has 2 aromatic carbocycles. The van der Waals surface area contributed by atoms with Crippen LogP contribution in [0.15, 0.2) is 60.2 Å². The minimum Gasteiger partial charge on any atom is -0.497 e. The minimum absolute atomic E-state index is 0.0928. The molecule has 2 fully saturated rings. The van der Waals surface area contributed by atoms with Crippen molar-refractivity contribution in [2.45, 2.75) is 57.9 Å². The lowest BCUT2D eigenvalue weighted by molar-refractivity contribution is -0.0843. The summed E-state index contributed by atoms with van der Waals surface area (Å²) >= 11 is 0. The number of rotatable bonds is 7. The number of methoxy groups -OCH3 is 1. The normalized spacial score (nSPS) is 22.1. The molecule has 3 heterocycles. The van der Waals surface area contributed by atoms with Crippen molar-refractivity contribution in [3.63, 3.8) is 0 Å². The lowest BCUT2D eigenvalue weighted by Crippen LogP contribution is -2.60. The summed E-state index contributed by atoms with van der Waals surface area (Å²) in [6.07, 6.45) is 3.87. The molecule has 5 rings (SSSR count). The average Bonchev–Trinajstić information content (AvgIpc) is 3.22. The highest BCUT2D eigenvalue weighted by atomic mass is 16.5. The molecule has 2 bridgehead atoms. The maximum Gasteiger partial charge on any atom is 0.272 e. The Hall–Kier alpha value is -3.16. The van der Waals surface area contributed by atoms with Crippen LogP contribution in [0.3, 0.4) is 0 Å². The third kappa shape index (κ3) is 5.11. The van der Waals surface area contributed by atoms with Crippen LogP contribution in [0.5, 0.6) is 5.75 Å². The molecule has 7 nitrogen and oxygen atoms in total. The van der Waals surface area contributed by atoms with Gasteiger partial charge in [-0.1, -0.05) is 42.0 Å². The first kappa shape index (κ1) is 23.6. The van der Waals surface area contributed by atoms with Gasteiger partial charge in [0.2, 0.25) is 0 Å². The summed E-state index contributed by atoms with van der Waals surface area (Å²) in [5.74, 6) is 0.777. The molecule has 2 aliphatic rings. The van der Waals surface area contributed by atoms with Crippen molar-refractivity contribution in [3.05, 3.63) is 71.4 Å². The molecule has 0 aliphatic carbocycles. The fourth-order valence-electron chi connectivity index (χ4n) is 5.26. The molecule has 3 atom stereocenters. The molecule has 184 valence electrons. The van der Waals surface area contributed by atoms with Gasteiger partial charge in [-0.05, 0) is 50.5 Å². The van der Waals surface area contributed by atoms with Crippen LogP contribution in [0.4, 0.5) is 0 Å². The Morgan fingerprint density at radius 2 is 1.83 bits per heavy atom. The molecule has 1 aromatic heterocycles. The standard InChI is InChI=1S/C28H34N4O3/c1-19(2)12-13-32-26-7-5-4-6-25(26)27(30-32)28(33)29-21-14-22-17-35-18-23(15-21)31(22)16-20-8-10-24(34-3)11-9-20/h4-12,21-23H,13-18H2,1-3H3,(H,29,33)/t21-,22-,23+. The number of morpholine rings is 1. The topological polar surface area (TPSA) is 68.6 Å². The number of allylic oxidation sites excluding steroid dienone is 2. The molecular formula is C28H34N4O3. The molecule has 0 saturated carbocycles. The van der Waals surface area contributed by atoms with Crippen molar-refractivity contribution in [1.82, 2.24) is 20.0 Å². The van der Waals surface area contributed by atoms with Crippen LogP contribution in [0.25, 0.3) is 10.9 Å². The third-order valence-electron chi connectivity index (χ3n) is 7.08. The van der Waals surface area contributed by atoms with Gasteiger partial charge in [-0.2, -0.15) is 5.10 Å². The van der Waals surface area contributed by atoms with Crippen LogP contribution < -0.4 is 10.1 Å². The van der Waals surface area contributed by atoms with Gasteiger partial charge < -0.3 is 14.8 Å². The molecule has 35 heavy (non-hydrogen) atoms. The van der Waals surface area contributed by atoms with Gasteiger partial charge in [0, 0.05) is 30.1 Å². The fourth-order valence-corrected chi connectivity index (χ4v) is 5.26. The van der Waals surface area contributed by atoms with Crippen molar-refractivity contribution < 1.29 is 14.3 Å². The number of hydrogen-bond acceptors (Lipinski definition) is 5. The van der Waals surface area contributed by atoms with Crippen LogP contribution in [0, 0.1) is 0 Å². The highest BCUT2D eigenvalue weighted by molar-refractivity contribution is 6.05. The maximum absolute atomic E-state index is 13.4. The Kier molecular flexibility index (Phi) is 6.88. The predicted molar refractivity (Wildman–Crippen MR) is 137 cm³/mol. The van der Waals surface area contributed by atoms with Crippen LogP contribution in [0.1, 0.15) is 42.7 Å². The highest BCUT2D eigenvalue weighted by Gasteiger charge is 2.39.